The quantitative estimate of drug-likeness (QED) is 0.825. The van der Waals surface area contributed by atoms with E-state index in [9.17, 15) is 9.18 Å². The topological polar surface area (TPSA) is 64.3 Å². The number of hydrogen-bond acceptors (Lipinski definition) is 3. The fraction of sp³-hybridized carbons (Fsp3) is 0.235. The third-order valence-electron chi connectivity index (χ3n) is 3.27. The first-order valence-corrected chi connectivity index (χ1v) is 7.12. The van der Waals surface area contributed by atoms with Crippen molar-refractivity contribution >= 4 is 17.3 Å². The van der Waals surface area contributed by atoms with Gasteiger partial charge in [-0.05, 0) is 55.8 Å². The second-order valence-corrected chi connectivity index (χ2v) is 5.05. The number of carbonyl (C=O) groups excluding carboxylic acids is 1. The molecule has 116 valence electrons. The maximum atomic E-state index is 13.6. The van der Waals surface area contributed by atoms with Crippen LogP contribution in [0.1, 0.15) is 30.6 Å². The molecule has 0 aliphatic carbocycles. The Morgan fingerprint density at radius 1 is 1.27 bits per heavy atom. The first-order valence-electron chi connectivity index (χ1n) is 7.12. The number of rotatable bonds is 5. The van der Waals surface area contributed by atoms with E-state index in [1.54, 1.807) is 24.3 Å². The van der Waals surface area contributed by atoms with Crippen LogP contribution in [0.4, 0.5) is 15.8 Å². The van der Waals surface area contributed by atoms with Crippen LogP contribution in [0.2, 0.25) is 0 Å². The van der Waals surface area contributed by atoms with E-state index in [4.69, 9.17) is 10.5 Å². The van der Waals surface area contributed by atoms with E-state index in [1.165, 1.54) is 18.2 Å². The Labute approximate surface area is 129 Å². The Balaban J connectivity index is 2.08. The number of halogens is 1. The van der Waals surface area contributed by atoms with Crippen molar-refractivity contribution in [1.82, 2.24) is 0 Å². The highest BCUT2D eigenvalue weighted by atomic mass is 19.1. The van der Waals surface area contributed by atoms with Gasteiger partial charge in [0.2, 0.25) is 0 Å². The van der Waals surface area contributed by atoms with Gasteiger partial charge in [-0.25, -0.2) is 4.39 Å². The zero-order valence-electron chi connectivity index (χ0n) is 12.6. The van der Waals surface area contributed by atoms with Gasteiger partial charge in [0.15, 0.2) is 0 Å². The highest BCUT2D eigenvalue weighted by Gasteiger charge is 2.10. The highest BCUT2D eigenvalue weighted by Crippen LogP contribution is 2.19. The monoisotopic (exact) mass is 302 g/mol. The third kappa shape index (κ3) is 3.97. The lowest BCUT2D eigenvalue weighted by atomic mass is 10.2. The van der Waals surface area contributed by atoms with E-state index in [1.807, 2.05) is 13.8 Å². The van der Waals surface area contributed by atoms with E-state index in [-0.39, 0.29) is 11.8 Å². The summed E-state index contributed by atoms with van der Waals surface area (Å²) in [5.41, 5.74) is 6.45. The number of anilines is 2. The number of nitrogen functional groups attached to an aromatic ring is 1. The second-order valence-electron chi connectivity index (χ2n) is 5.05. The predicted octanol–water partition coefficient (Wildman–Crippen LogP) is 3.84. The van der Waals surface area contributed by atoms with E-state index in [2.05, 4.69) is 5.32 Å². The Bertz CT molecular complexity index is 656. The minimum absolute atomic E-state index is 0.0601. The fourth-order valence-electron chi connectivity index (χ4n) is 1.83. The molecular weight excluding hydrogens is 283 g/mol. The molecular formula is C17H19FN2O2. The van der Waals surface area contributed by atoms with Gasteiger partial charge in [0.05, 0.1) is 11.8 Å². The summed E-state index contributed by atoms with van der Waals surface area (Å²) in [6.07, 6.45) is 1.01. The lowest BCUT2D eigenvalue weighted by Crippen LogP contribution is -2.13. The van der Waals surface area contributed by atoms with Gasteiger partial charge in [0.25, 0.3) is 5.91 Å². The van der Waals surface area contributed by atoms with Crippen LogP contribution in [-0.2, 0) is 0 Å². The minimum Gasteiger partial charge on any atom is -0.491 e. The van der Waals surface area contributed by atoms with Crippen molar-refractivity contribution in [3.63, 3.8) is 0 Å². The molecule has 0 aliphatic rings. The molecule has 0 aromatic heterocycles. The standard InChI is InChI=1S/C17H19FN2O2/c1-3-11(2)22-14-7-4-12(5-8-14)17(21)20-16-10-13(19)6-9-15(16)18/h4-11H,3,19H2,1-2H3,(H,20,21)/t11-/m1/s1. The van der Waals surface area contributed by atoms with E-state index in [0.29, 0.717) is 17.0 Å². The van der Waals surface area contributed by atoms with E-state index >= 15 is 0 Å². The smallest absolute Gasteiger partial charge is 0.255 e. The van der Waals surface area contributed by atoms with Crippen LogP contribution in [0.5, 0.6) is 5.75 Å². The molecule has 0 saturated carbocycles. The van der Waals surface area contributed by atoms with Crippen molar-refractivity contribution < 1.29 is 13.9 Å². The second kappa shape index (κ2) is 6.93. The number of amides is 1. The molecule has 1 amide bonds. The Morgan fingerprint density at radius 2 is 1.95 bits per heavy atom. The molecule has 0 saturated heterocycles. The van der Waals surface area contributed by atoms with Gasteiger partial charge in [-0.1, -0.05) is 6.92 Å². The molecule has 0 fully saturated rings. The molecule has 5 heteroatoms. The maximum absolute atomic E-state index is 13.6. The molecule has 4 nitrogen and oxygen atoms in total. The van der Waals surface area contributed by atoms with E-state index in [0.717, 1.165) is 6.42 Å². The van der Waals surface area contributed by atoms with Crippen LogP contribution >= 0.6 is 0 Å². The number of ether oxygens (including phenoxy) is 1. The van der Waals surface area contributed by atoms with Crippen LogP contribution in [0.3, 0.4) is 0 Å². The van der Waals surface area contributed by atoms with Crippen molar-refractivity contribution in [3.8, 4) is 5.75 Å². The average Bonchev–Trinajstić information content (AvgIpc) is 2.51. The summed E-state index contributed by atoms with van der Waals surface area (Å²) in [6, 6.07) is 10.7. The van der Waals surface area contributed by atoms with Gasteiger partial charge in [-0.2, -0.15) is 0 Å². The third-order valence-corrected chi connectivity index (χ3v) is 3.27. The predicted molar refractivity (Wildman–Crippen MR) is 85.6 cm³/mol. The molecule has 0 spiro atoms. The molecule has 2 aromatic carbocycles. The van der Waals surface area contributed by atoms with Crippen molar-refractivity contribution in [3.05, 3.63) is 53.8 Å². The first kappa shape index (κ1) is 15.8. The number of benzene rings is 2. The summed E-state index contributed by atoms with van der Waals surface area (Å²) >= 11 is 0. The van der Waals surface area contributed by atoms with Crippen LogP contribution in [0.25, 0.3) is 0 Å². The van der Waals surface area contributed by atoms with Crippen molar-refractivity contribution in [2.75, 3.05) is 11.1 Å². The first-order chi connectivity index (χ1) is 10.5. The van der Waals surface area contributed by atoms with Crippen LogP contribution in [0, 0.1) is 5.82 Å². The SMILES string of the molecule is CC[C@@H](C)Oc1ccc(C(=O)Nc2cc(N)ccc2F)cc1. The Kier molecular flexibility index (Phi) is 4.99. The molecule has 0 unspecified atom stereocenters. The lowest BCUT2D eigenvalue weighted by Gasteiger charge is -2.13. The summed E-state index contributed by atoms with van der Waals surface area (Å²) in [6.45, 7) is 4.01. The molecule has 2 rings (SSSR count). The highest BCUT2D eigenvalue weighted by molar-refractivity contribution is 6.04. The van der Waals surface area contributed by atoms with Crippen molar-refractivity contribution in [2.24, 2.45) is 0 Å². The summed E-state index contributed by atoms with van der Waals surface area (Å²) in [5, 5.41) is 2.50. The van der Waals surface area contributed by atoms with Crippen molar-refractivity contribution in [2.45, 2.75) is 26.4 Å². The molecule has 22 heavy (non-hydrogen) atoms. The number of nitrogens with two attached hydrogens (primary N) is 1. The molecule has 0 bridgehead atoms. The number of nitrogens with one attached hydrogen (secondary N) is 1. The van der Waals surface area contributed by atoms with Gasteiger partial charge in [0, 0.05) is 11.3 Å². The summed E-state index contributed by atoms with van der Waals surface area (Å²) in [4.78, 5) is 12.1. The van der Waals surface area contributed by atoms with Crippen LogP contribution < -0.4 is 15.8 Å². The van der Waals surface area contributed by atoms with Crippen LogP contribution in [-0.4, -0.2) is 12.0 Å². The normalized spacial score (nSPS) is 11.8. The summed E-state index contributed by atoms with van der Waals surface area (Å²) < 4.78 is 19.2. The van der Waals surface area contributed by atoms with E-state index < -0.39 is 11.7 Å². The van der Waals surface area contributed by atoms with Gasteiger partial charge in [-0.3, -0.25) is 4.79 Å². The van der Waals surface area contributed by atoms with Gasteiger partial charge in [0.1, 0.15) is 11.6 Å². The lowest BCUT2D eigenvalue weighted by molar-refractivity contribution is 0.102. The molecule has 2 aromatic rings. The molecule has 0 radical (unpaired) electrons. The van der Waals surface area contributed by atoms with Gasteiger partial charge >= 0.3 is 0 Å². The summed E-state index contributed by atoms with van der Waals surface area (Å²) in [7, 11) is 0. The number of hydrogen-bond donors (Lipinski definition) is 2. The maximum Gasteiger partial charge on any atom is 0.255 e. The Morgan fingerprint density at radius 3 is 2.59 bits per heavy atom. The number of carbonyl (C=O) groups is 1. The zero-order valence-corrected chi connectivity index (χ0v) is 12.6. The molecule has 3 N–H and O–H groups in total. The largest absolute Gasteiger partial charge is 0.491 e. The molecule has 0 aliphatic heterocycles. The average molecular weight is 302 g/mol. The zero-order chi connectivity index (χ0) is 16.1. The summed E-state index contributed by atoms with van der Waals surface area (Å²) in [5.74, 6) is -0.236. The van der Waals surface area contributed by atoms with Gasteiger partial charge < -0.3 is 15.8 Å². The molecule has 0 heterocycles. The van der Waals surface area contributed by atoms with Crippen molar-refractivity contribution in [1.29, 1.82) is 0 Å². The Hall–Kier alpha value is -2.56. The van der Waals surface area contributed by atoms with Gasteiger partial charge in [-0.15, -0.1) is 0 Å². The molecule has 1 atom stereocenters. The fourth-order valence-corrected chi connectivity index (χ4v) is 1.83. The van der Waals surface area contributed by atoms with Crippen LogP contribution in [0.15, 0.2) is 42.5 Å². The minimum atomic E-state index is -0.528.